The van der Waals surface area contributed by atoms with Gasteiger partial charge in [-0.15, -0.1) is 13.2 Å². The summed E-state index contributed by atoms with van der Waals surface area (Å²) in [5.41, 5.74) is 0.866. The molecule has 7 nitrogen and oxygen atoms in total. The molecular weight excluding hydrogens is 557 g/mol. The molecule has 1 heterocycles. The molecule has 12 heteroatoms. The lowest BCUT2D eigenvalue weighted by Crippen LogP contribution is -2.32. The molecule has 1 fully saturated rings. The largest absolute Gasteiger partial charge is 0.573 e. The first-order valence-electron chi connectivity index (χ1n) is 11.7. The zero-order valence-electron chi connectivity index (χ0n) is 20.0. The second-order valence-electron chi connectivity index (χ2n) is 9.01. The summed E-state index contributed by atoms with van der Waals surface area (Å²) in [7, 11) is -4.37. The van der Waals surface area contributed by atoms with E-state index in [2.05, 4.69) is 9.72 Å². The third-order valence-electron chi connectivity index (χ3n) is 6.28. The predicted octanol–water partition coefficient (Wildman–Crippen LogP) is 6.76. The zero-order chi connectivity index (χ0) is 27.9. The Morgan fingerprint density at radius 3 is 2.38 bits per heavy atom. The van der Waals surface area contributed by atoms with E-state index < -0.39 is 28.1 Å². The van der Waals surface area contributed by atoms with E-state index in [-0.39, 0.29) is 33.8 Å². The number of carboxylic acid groups (broad SMARTS) is 1. The minimum Gasteiger partial charge on any atom is -0.478 e. The fraction of sp³-hybridized carbons (Fsp3) is 0.185. The van der Waals surface area contributed by atoms with E-state index in [1.807, 2.05) is 24.3 Å². The highest BCUT2D eigenvalue weighted by molar-refractivity contribution is 7.92. The Hall–Kier alpha value is -3.83. The second kappa shape index (κ2) is 10.0. The maximum absolute atomic E-state index is 14.1. The Morgan fingerprint density at radius 2 is 1.77 bits per heavy atom. The van der Waals surface area contributed by atoms with Crippen molar-refractivity contribution in [3.05, 3.63) is 94.6 Å². The van der Waals surface area contributed by atoms with Crippen LogP contribution in [0.4, 0.5) is 19.0 Å². The molecule has 0 spiro atoms. The Kier molecular flexibility index (Phi) is 6.90. The summed E-state index contributed by atoms with van der Waals surface area (Å²) in [6.07, 6.45) is -1.61. The van der Waals surface area contributed by atoms with Crippen LogP contribution in [-0.4, -0.2) is 30.8 Å². The Labute approximate surface area is 226 Å². The number of anilines is 1. The highest BCUT2D eigenvalue weighted by Crippen LogP contribution is 2.48. The van der Waals surface area contributed by atoms with Gasteiger partial charge in [0.25, 0.3) is 10.0 Å². The molecule has 5 rings (SSSR count). The Bertz CT molecular complexity index is 1670. The predicted molar refractivity (Wildman–Crippen MR) is 139 cm³/mol. The third-order valence-corrected chi connectivity index (χ3v) is 8.33. The minimum absolute atomic E-state index is 0.0804. The monoisotopic (exact) mass is 576 g/mol. The number of aromatic nitrogens is 1. The van der Waals surface area contributed by atoms with Gasteiger partial charge in [-0.3, -0.25) is 0 Å². The molecule has 1 aromatic heterocycles. The van der Waals surface area contributed by atoms with Crippen molar-refractivity contribution in [2.24, 2.45) is 0 Å². The lowest BCUT2D eigenvalue weighted by atomic mass is 10.0. The highest BCUT2D eigenvalue weighted by Gasteiger charge is 2.36. The van der Waals surface area contributed by atoms with E-state index in [1.54, 1.807) is 6.20 Å². The lowest BCUT2D eigenvalue weighted by molar-refractivity contribution is -0.274. The standard InChI is InChI=1S/C27H20ClF3N2O5S/c28-23-13-20(11-12-22(23)26(34)35)39(36,37)33(15-16-5-9-19(10-6-16)38-27(29,30)31)25-24(17-7-8-17)21-4-2-1-3-18(21)14-32-25/h1-6,9-14,17H,7-8,15H2,(H,34,35). The first kappa shape index (κ1) is 26.8. The molecule has 3 aromatic carbocycles. The number of alkyl halides is 3. The van der Waals surface area contributed by atoms with Crippen LogP contribution in [-0.2, 0) is 16.6 Å². The molecule has 0 saturated heterocycles. The molecule has 4 aromatic rings. The van der Waals surface area contributed by atoms with E-state index in [9.17, 15) is 31.5 Å². The Balaban J connectivity index is 1.64. The van der Waals surface area contributed by atoms with Crippen molar-refractivity contribution >= 4 is 44.2 Å². The molecule has 0 atom stereocenters. The number of carboxylic acids is 1. The fourth-order valence-corrected chi connectivity index (χ4v) is 6.12. The topological polar surface area (TPSA) is 96.8 Å². The molecule has 1 saturated carbocycles. The maximum atomic E-state index is 14.1. The normalized spacial score (nSPS) is 13.8. The first-order valence-corrected chi connectivity index (χ1v) is 13.5. The average Bonchev–Trinajstić information content (AvgIpc) is 3.71. The van der Waals surface area contributed by atoms with Gasteiger partial charge in [0.1, 0.15) is 11.6 Å². The van der Waals surface area contributed by atoms with Crippen LogP contribution >= 0.6 is 11.6 Å². The van der Waals surface area contributed by atoms with Crippen molar-refractivity contribution in [1.82, 2.24) is 4.98 Å². The van der Waals surface area contributed by atoms with Gasteiger partial charge in [-0.25, -0.2) is 22.5 Å². The van der Waals surface area contributed by atoms with Crippen molar-refractivity contribution in [2.75, 3.05) is 4.31 Å². The number of ether oxygens (including phenoxy) is 1. The summed E-state index contributed by atoms with van der Waals surface area (Å²) in [5.74, 6) is -1.49. The number of halogens is 4. The van der Waals surface area contributed by atoms with Gasteiger partial charge in [0.2, 0.25) is 0 Å². The molecular formula is C27H20ClF3N2O5S. The summed E-state index contributed by atoms with van der Waals surface area (Å²) in [6.45, 7) is -0.266. The quantitative estimate of drug-likeness (QED) is 0.249. The van der Waals surface area contributed by atoms with E-state index in [0.717, 1.165) is 63.8 Å². The van der Waals surface area contributed by atoms with Crippen molar-refractivity contribution in [2.45, 2.75) is 36.6 Å². The van der Waals surface area contributed by atoms with Gasteiger partial charge in [-0.2, -0.15) is 0 Å². The van der Waals surface area contributed by atoms with Crippen LogP contribution < -0.4 is 9.04 Å². The van der Waals surface area contributed by atoms with E-state index in [1.165, 1.54) is 12.1 Å². The number of nitrogens with zero attached hydrogens (tertiary/aromatic N) is 2. The Morgan fingerprint density at radius 1 is 1.08 bits per heavy atom. The molecule has 0 amide bonds. The molecule has 1 aliphatic rings. The van der Waals surface area contributed by atoms with Gasteiger partial charge >= 0.3 is 12.3 Å². The summed E-state index contributed by atoms with van der Waals surface area (Å²) < 4.78 is 71.0. The lowest BCUT2D eigenvalue weighted by Gasteiger charge is -2.27. The van der Waals surface area contributed by atoms with E-state index in [0.29, 0.717) is 5.56 Å². The van der Waals surface area contributed by atoms with Crippen LogP contribution in [0.15, 0.2) is 77.8 Å². The molecule has 0 bridgehead atoms. The molecule has 202 valence electrons. The van der Waals surface area contributed by atoms with Crippen LogP contribution in [0.3, 0.4) is 0 Å². The van der Waals surface area contributed by atoms with Crippen LogP contribution in [0.5, 0.6) is 5.75 Å². The van der Waals surface area contributed by atoms with Crippen LogP contribution in [0.1, 0.15) is 40.2 Å². The number of hydrogen-bond donors (Lipinski definition) is 1. The van der Waals surface area contributed by atoms with Crippen LogP contribution in [0.25, 0.3) is 10.8 Å². The van der Waals surface area contributed by atoms with Crippen molar-refractivity contribution in [1.29, 1.82) is 0 Å². The number of aromatic carboxylic acids is 1. The minimum atomic E-state index is -4.87. The third kappa shape index (κ3) is 5.64. The van der Waals surface area contributed by atoms with Crippen LogP contribution in [0.2, 0.25) is 5.02 Å². The van der Waals surface area contributed by atoms with Gasteiger partial charge in [-0.05, 0) is 60.0 Å². The van der Waals surface area contributed by atoms with E-state index >= 15 is 0 Å². The number of hydrogen-bond acceptors (Lipinski definition) is 5. The van der Waals surface area contributed by atoms with Crippen molar-refractivity contribution in [3.63, 3.8) is 0 Å². The molecule has 0 aliphatic heterocycles. The maximum Gasteiger partial charge on any atom is 0.573 e. The smallest absolute Gasteiger partial charge is 0.478 e. The van der Waals surface area contributed by atoms with Gasteiger partial charge < -0.3 is 9.84 Å². The summed E-state index contributed by atoms with van der Waals surface area (Å²) in [4.78, 5) is 15.7. The molecule has 1 N–H and O–H groups in total. The molecule has 0 unspecified atom stereocenters. The molecule has 0 radical (unpaired) electrons. The fourth-order valence-electron chi connectivity index (χ4n) is 4.34. The SMILES string of the molecule is O=C(O)c1ccc(S(=O)(=O)N(Cc2ccc(OC(F)(F)F)cc2)c2ncc3ccccc3c2C2CC2)cc1Cl. The van der Waals surface area contributed by atoms with E-state index in [4.69, 9.17) is 11.6 Å². The first-order chi connectivity index (χ1) is 18.4. The molecule has 39 heavy (non-hydrogen) atoms. The van der Waals surface area contributed by atoms with Crippen molar-refractivity contribution < 1.29 is 36.2 Å². The van der Waals surface area contributed by atoms with Gasteiger partial charge in [0.15, 0.2) is 0 Å². The number of rotatable bonds is 8. The summed E-state index contributed by atoms with van der Waals surface area (Å²) >= 11 is 6.10. The number of carbonyl (C=O) groups is 1. The van der Waals surface area contributed by atoms with Crippen molar-refractivity contribution in [3.8, 4) is 5.75 Å². The van der Waals surface area contributed by atoms with Crippen LogP contribution in [0, 0.1) is 0 Å². The summed E-state index contributed by atoms with van der Waals surface area (Å²) in [6, 6.07) is 15.6. The second-order valence-corrected chi connectivity index (χ2v) is 11.3. The number of pyridine rings is 1. The van der Waals surface area contributed by atoms with Gasteiger partial charge in [0.05, 0.1) is 22.0 Å². The molecule has 1 aliphatic carbocycles. The average molecular weight is 577 g/mol. The van der Waals surface area contributed by atoms with Gasteiger partial charge in [-0.1, -0.05) is 48.0 Å². The number of fused-ring (bicyclic) bond motifs is 1. The highest BCUT2D eigenvalue weighted by atomic mass is 35.5. The summed E-state index contributed by atoms with van der Waals surface area (Å²) in [5, 5.41) is 10.7. The zero-order valence-corrected chi connectivity index (χ0v) is 21.6. The number of sulfonamides is 1. The van der Waals surface area contributed by atoms with Gasteiger partial charge in [0, 0.05) is 17.1 Å². The number of benzene rings is 3.